The number of hydrogen-bond donors (Lipinski definition) is 2. The number of rotatable bonds is 7. The first-order chi connectivity index (χ1) is 8.13. The van der Waals surface area contributed by atoms with Crippen LogP contribution in [-0.2, 0) is 4.74 Å². The van der Waals surface area contributed by atoms with Crippen molar-refractivity contribution in [2.75, 3.05) is 19.8 Å². The topological polar surface area (TPSA) is 41.5 Å². The van der Waals surface area contributed by atoms with Crippen LogP contribution in [0.1, 0.15) is 25.5 Å². The molecule has 0 saturated carbocycles. The summed E-state index contributed by atoms with van der Waals surface area (Å²) in [6.45, 7) is 5.59. The SMILES string of the molecule is CCOCC(C)NCC(O)c1cccc(F)c1. The third-order valence-corrected chi connectivity index (χ3v) is 2.47. The van der Waals surface area contributed by atoms with Gasteiger partial charge in [-0.3, -0.25) is 0 Å². The molecule has 1 aromatic rings. The molecule has 1 rings (SSSR count). The molecule has 17 heavy (non-hydrogen) atoms. The smallest absolute Gasteiger partial charge is 0.123 e. The molecule has 3 nitrogen and oxygen atoms in total. The lowest BCUT2D eigenvalue weighted by Gasteiger charge is -2.17. The molecule has 0 aromatic heterocycles. The van der Waals surface area contributed by atoms with Gasteiger partial charge in [0.25, 0.3) is 0 Å². The Labute approximate surface area is 102 Å². The lowest BCUT2D eigenvalue weighted by Crippen LogP contribution is -2.34. The second-order valence-corrected chi connectivity index (χ2v) is 4.04. The Bertz CT molecular complexity index is 333. The highest BCUT2D eigenvalue weighted by Gasteiger charge is 2.09. The lowest BCUT2D eigenvalue weighted by molar-refractivity contribution is 0.115. The number of aliphatic hydroxyl groups excluding tert-OH is 1. The molecule has 0 heterocycles. The summed E-state index contributed by atoms with van der Waals surface area (Å²) >= 11 is 0. The molecule has 0 spiro atoms. The van der Waals surface area contributed by atoms with Crippen LogP contribution in [-0.4, -0.2) is 30.9 Å². The monoisotopic (exact) mass is 241 g/mol. The predicted octanol–water partition coefficient (Wildman–Crippen LogP) is 1.87. The minimum Gasteiger partial charge on any atom is -0.387 e. The maximum atomic E-state index is 12.9. The van der Waals surface area contributed by atoms with Gasteiger partial charge in [-0.1, -0.05) is 12.1 Å². The van der Waals surface area contributed by atoms with Crippen molar-refractivity contribution in [1.29, 1.82) is 0 Å². The Balaban J connectivity index is 2.36. The highest BCUT2D eigenvalue weighted by Crippen LogP contribution is 2.13. The van der Waals surface area contributed by atoms with E-state index < -0.39 is 6.10 Å². The average Bonchev–Trinajstić information content (AvgIpc) is 2.33. The van der Waals surface area contributed by atoms with Gasteiger partial charge in [-0.25, -0.2) is 4.39 Å². The van der Waals surface area contributed by atoms with Crippen LogP contribution in [0.2, 0.25) is 0 Å². The second-order valence-electron chi connectivity index (χ2n) is 4.04. The van der Waals surface area contributed by atoms with Gasteiger partial charge in [-0.05, 0) is 31.5 Å². The van der Waals surface area contributed by atoms with Gasteiger partial charge in [-0.2, -0.15) is 0 Å². The van der Waals surface area contributed by atoms with E-state index in [0.29, 0.717) is 25.3 Å². The maximum absolute atomic E-state index is 12.9. The highest BCUT2D eigenvalue weighted by molar-refractivity contribution is 5.18. The fraction of sp³-hybridized carbons (Fsp3) is 0.538. The Kier molecular flexibility index (Phi) is 6.11. The van der Waals surface area contributed by atoms with E-state index in [9.17, 15) is 9.50 Å². The first kappa shape index (κ1) is 14.1. The lowest BCUT2D eigenvalue weighted by atomic mass is 10.1. The number of halogens is 1. The van der Waals surface area contributed by atoms with Crippen molar-refractivity contribution in [2.24, 2.45) is 0 Å². The number of benzene rings is 1. The molecule has 0 aliphatic carbocycles. The molecular weight excluding hydrogens is 221 g/mol. The molecule has 0 bridgehead atoms. The quantitative estimate of drug-likeness (QED) is 0.765. The van der Waals surface area contributed by atoms with Crippen LogP contribution in [0.5, 0.6) is 0 Å². The Hall–Kier alpha value is -0.970. The second kappa shape index (κ2) is 7.37. The van der Waals surface area contributed by atoms with Gasteiger partial charge in [0, 0.05) is 19.2 Å². The molecule has 0 radical (unpaired) electrons. The van der Waals surface area contributed by atoms with Crippen LogP contribution in [0.15, 0.2) is 24.3 Å². The summed E-state index contributed by atoms with van der Waals surface area (Å²) in [4.78, 5) is 0. The van der Waals surface area contributed by atoms with Crippen molar-refractivity contribution >= 4 is 0 Å². The fourth-order valence-electron chi connectivity index (χ4n) is 1.50. The van der Waals surface area contributed by atoms with E-state index in [1.807, 2.05) is 13.8 Å². The van der Waals surface area contributed by atoms with E-state index in [2.05, 4.69) is 5.32 Å². The summed E-state index contributed by atoms with van der Waals surface area (Å²) in [6, 6.07) is 6.18. The first-order valence-corrected chi connectivity index (χ1v) is 5.88. The van der Waals surface area contributed by atoms with E-state index in [-0.39, 0.29) is 11.9 Å². The molecule has 2 atom stereocenters. The molecule has 96 valence electrons. The predicted molar refractivity (Wildman–Crippen MR) is 65.3 cm³/mol. The zero-order chi connectivity index (χ0) is 12.7. The fourth-order valence-corrected chi connectivity index (χ4v) is 1.50. The van der Waals surface area contributed by atoms with Crippen molar-refractivity contribution in [2.45, 2.75) is 26.0 Å². The summed E-state index contributed by atoms with van der Waals surface area (Å²) in [5.41, 5.74) is 0.584. The zero-order valence-electron chi connectivity index (χ0n) is 10.3. The summed E-state index contributed by atoms with van der Waals surface area (Å²) < 4.78 is 18.2. The average molecular weight is 241 g/mol. The van der Waals surface area contributed by atoms with Gasteiger partial charge < -0.3 is 15.2 Å². The summed E-state index contributed by atoms with van der Waals surface area (Å²) in [6.07, 6.45) is -0.699. The Morgan fingerprint density at radius 1 is 1.47 bits per heavy atom. The molecule has 2 unspecified atom stereocenters. The highest BCUT2D eigenvalue weighted by atomic mass is 19.1. The third-order valence-electron chi connectivity index (χ3n) is 2.47. The molecule has 0 saturated heterocycles. The first-order valence-electron chi connectivity index (χ1n) is 5.88. The van der Waals surface area contributed by atoms with E-state index >= 15 is 0 Å². The van der Waals surface area contributed by atoms with Crippen LogP contribution in [0.25, 0.3) is 0 Å². The molecule has 4 heteroatoms. The Morgan fingerprint density at radius 2 is 2.24 bits per heavy atom. The van der Waals surface area contributed by atoms with Gasteiger partial charge in [-0.15, -0.1) is 0 Å². The molecule has 2 N–H and O–H groups in total. The normalized spacial score (nSPS) is 14.6. The maximum Gasteiger partial charge on any atom is 0.123 e. The van der Waals surface area contributed by atoms with E-state index in [4.69, 9.17) is 4.74 Å². The number of ether oxygens (including phenoxy) is 1. The van der Waals surface area contributed by atoms with Crippen molar-refractivity contribution in [3.8, 4) is 0 Å². The molecule has 0 amide bonds. The number of hydrogen-bond acceptors (Lipinski definition) is 3. The van der Waals surface area contributed by atoms with Crippen molar-refractivity contribution in [1.82, 2.24) is 5.32 Å². The molecule has 0 fully saturated rings. The van der Waals surface area contributed by atoms with Crippen molar-refractivity contribution in [3.05, 3.63) is 35.6 Å². The van der Waals surface area contributed by atoms with Crippen LogP contribution >= 0.6 is 0 Å². The van der Waals surface area contributed by atoms with Crippen LogP contribution < -0.4 is 5.32 Å². The third kappa shape index (κ3) is 5.26. The van der Waals surface area contributed by atoms with Gasteiger partial charge in [0.15, 0.2) is 0 Å². The van der Waals surface area contributed by atoms with E-state index in [1.54, 1.807) is 12.1 Å². The minimum atomic E-state index is -0.699. The van der Waals surface area contributed by atoms with Crippen LogP contribution in [0, 0.1) is 5.82 Å². The summed E-state index contributed by atoms with van der Waals surface area (Å²) in [5.74, 6) is -0.330. The van der Waals surface area contributed by atoms with Gasteiger partial charge in [0.1, 0.15) is 5.82 Å². The molecular formula is C13H20FNO2. The zero-order valence-corrected chi connectivity index (χ0v) is 10.3. The molecule has 0 aliphatic heterocycles. The number of aliphatic hydroxyl groups is 1. The minimum absolute atomic E-state index is 0.165. The summed E-state index contributed by atoms with van der Waals surface area (Å²) in [7, 11) is 0. The molecule has 1 aromatic carbocycles. The standard InChI is InChI=1S/C13H20FNO2/c1-3-17-9-10(2)15-8-13(16)11-5-4-6-12(14)7-11/h4-7,10,13,15-16H,3,8-9H2,1-2H3. The van der Waals surface area contributed by atoms with Crippen molar-refractivity contribution in [3.63, 3.8) is 0 Å². The van der Waals surface area contributed by atoms with E-state index in [0.717, 1.165) is 0 Å². The van der Waals surface area contributed by atoms with Crippen LogP contribution in [0.3, 0.4) is 0 Å². The van der Waals surface area contributed by atoms with Gasteiger partial charge >= 0.3 is 0 Å². The number of nitrogens with one attached hydrogen (secondary N) is 1. The van der Waals surface area contributed by atoms with Crippen molar-refractivity contribution < 1.29 is 14.2 Å². The summed E-state index contributed by atoms with van der Waals surface area (Å²) in [5, 5.41) is 13.0. The Morgan fingerprint density at radius 3 is 2.88 bits per heavy atom. The largest absolute Gasteiger partial charge is 0.387 e. The van der Waals surface area contributed by atoms with Gasteiger partial charge in [0.05, 0.1) is 12.7 Å². The van der Waals surface area contributed by atoms with E-state index in [1.165, 1.54) is 12.1 Å². The molecule has 0 aliphatic rings. The van der Waals surface area contributed by atoms with Crippen LogP contribution in [0.4, 0.5) is 4.39 Å². The van der Waals surface area contributed by atoms with Gasteiger partial charge in [0.2, 0.25) is 0 Å².